The van der Waals surface area contributed by atoms with Crippen LogP contribution in [-0.2, 0) is 4.79 Å². The average molecular weight is 215 g/mol. The lowest BCUT2D eigenvalue weighted by molar-refractivity contribution is -0.122. The van der Waals surface area contributed by atoms with Crippen LogP contribution in [0.5, 0.6) is 0 Å². The number of hydrogen-bond donors (Lipinski definition) is 0. The second-order valence-corrected chi connectivity index (χ2v) is 5.32. The van der Waals surface area contributed by atoms with E-state index in [1.165, 1.54) is 18.1 Å². The molecule has 0 atom stereocenters. The fourth-order valence-corrected chi connectivity index (χ4v) is 2.58. The number of likely N-dealkylation sites (tertiary alicyclic amines) is 1. The van der Waals surface area contributed by atoms with E-state index >= 15 is 0 Å². The van der Waals surface area contributed by atoms with Gasteiger partial charge in [-0.25, -0.2) is 0 Å². The third-order valence-corrected chi connectivity index (χ3v) is 3.80. The Hall–Kier alpha value is -0.0200. The van der Waals surface area contributed by atoms with Gasteiger partial charge in [-0.3, -0.25) is 4.79 Å². The van der Waals surface area contributed by atoms with Crippen molar-refractivity contribution in [1.82, 2.24) is 4.90 Å². The highest BCUT2D eigenvalue weighted by Crippen LogP contribution is 2.18. The Morgan fingerprint density at radius 3 is 2.57 bits per heavy atom. The molecule has 1 heterocycles. The van der Waals surface area contributed by atoms with E-state index in [1.807, 2.05) is 11.8 Å². The van der Waals surface area contributed by atoms with Gasteiger partial charge < -0.3 is 4.90 Å². The van der Waals surface area contributed by atoms with Gasteiger partial charge in [0.2, 0.25) is 0 Å². The maximum Gasteiger partial charge on any atom is 0.133 e. The lowest BCUT2D eigenvalue weighted by atomic mass is 9.93. The minimum Gasteiger partial charge on any atom is -0.302 e. The van der Waals surface area contributed by atoms with Crippen molar-refractivity contribution in [2.75, 3.05) is 31.1 Å². The molecule has 0 aromatic rings. The van der Waals surface area contributed by atoms with Crippen LogP contribution < -0.4 is 0 Å². The molecule has 82 valence electrons. The van der Waals surface area contributed by atoms with Gasteiger partial charge in [-0.15, -0.1) is 0 Å². The first-order valence-corrected chi connectivity index (χ1v) is 6.70. The van der Waals surface area contributed by atoms with E-state index in [-0.39, 0.29) is 0 Å². The molecule has 0 aromatic carbocycles. The quantitative estimate of drug-likeness (QED) is 0.655. The number of thioether (sulfide) groups is 1. The number of carbonyl (C=O) groups excluding carboxylic acids is 1. The maximum absolute atomic E-state index is 11.1. The summed E-state index contributed by atoms with van der Waals surface area (Å²) in [5, 5.41) is 0. The van der Waals surface area contributed by atoms with Crippen molar-refractivity contribution in [3.8, 4) is 0 Å². The Morgan fingerprint density at radius 1 is 1.43 bits per heavy atom. The fraction of sp³-hybridized carbons (Fsp3) is 0.909. The molecule has 0 N–H and O–H groups in total. The Bertz CT molecular complexity index is 176. The van der Waals surface area contributed by atoms with Crippen molar-refractivity contribution < 1.29 is 4.79 Å². The summed E-state index contributed by atoms with van der Waals surface area (Å²) in [7, 11) is 0. The van der Waals surface area contributed by atoms with Crippen LogP contribution in [0.25, 0.3) is 0 Å². The molecule has 3 heteroatoms. The topological polar surface area (TPSA) is 20.3 Å². The van der Waals surface area contributed by atoms with Crippen LogP contribution in [0.4, 0.5) is 0 Å². The number of Topliss-reactive ketones (excluding diaryl/α,β-unsaturated/α-hetero) is 1. The first-order valence-electron chi connectivity index (χ1n) is 5.54. The van der Waals surface area contributed by atoms with Gasteiger partial charge in [-0.05, 0) is 38.6 Å². The van der Waals surface area contributed by atoms with Crippen LogP contribution in [0.3, 0.4) is 0 Å². The number of nitrogens with zero attached hydrogens (tertiary/aromatic N) is 1. The summed E-state index contributed by atoms with van der Waals surface area (Å²) in [5.41, 5.74) is 0. The van der Waals surface area contributed by atoms with Crippen molar-refractivity contribution in [2.24, 2.45) is 5.92 Å². The Balaban J connectivity index is 2.12. The predicted molar refractivity (Wildman–Crippen MR) is 62.8 cm³/mol. The van der Waals surface area contributed by atoms with E-state index in [2.05, 4.69) is 11.8 Å². The molecule has 0 amide bonds. The van der Waals surface area contributed by atoms with E-state index < -0.39 is 0 Å². The second-order valence-electron chi connectivity index (χ2n) is 3.92. The average Bonchev–Trinajstić information content (AvgIpc) is 2.19. The third-order valence-electron chi connectivity index (χ3n) is 2.92. The first-order chi connectivity index (χ1) is 6.74. The Labute approximate surface area is 91.4 Å². The molecule has 1 aliphatic heterocycles. The highest BCUT2D eigenvalue weighted by atomic mass is 32.2. The zero-order valence-corrected chi connectivity index (χ0v) is 10.1. The lowest BCUT2D eigenvalue weighted by Crippen LogP contribution is -2.37. The molecule has 0 aromatic heterocycles. The van der Waals surface area contributed by atoms with E-state index in [9.17, 15) is 4.79 Å². The number of ketones is 1. The number of rotatable bonds is 5. The van der Waals surface area contributed by atoms with Gasteiger partial charge in [0.1, 0.15) is 5.78 Å². The van der Waals surface area contributed by atoms with Crippen molar-refractivity contribution in [3.05, 3.63) is 0 Å². The summed E-state index contributed by atoms with van der Waals surface area (Å²) in [5.74, 6) is 3.18. The van der Waals surface area contributed by atoms with Gasteiger partial charge >= 0.3 is 0 Å². The van der Waals surface area contributed by atoms with Crippen molar-refractivity contribution in [3.63, 3.8) is 0 Å². The van der Waals surface area contributed by atoms with E-state index in [0.29, 0.717) is 11.7 Å². The van der Waals surface area contributed by atoms with Gasteiger partial charge in [-0.1, -0.05) is 6.92 Å². The summed E-state index contributed by atoms with van der Waals surface area (Å²) in [4.78, 5) is 13.6. The Morgan fingerprint density at radius 2 is 2.07 bits per heavy atom. The Kier molecular flexibility index (Phi) is 5.56. The molecule has 0 bridgehead atoms. The smallest absolute Gasteiger partial charge is 0.133 e. The van der Waals surface area contributed by atoms with E-state index in [0.717, 1.165) is 25.9 Å². The minimum atomic E-state index is 0.352. The second kappa shape index (κ2) is 6.46. The van der Waals surface area contributed by atoms with Gasteiger partial charge in [0.15, 0.2) is 0 Å². The van der Waals surface area contributed by atoms with Crippen LogP contribution in [-0.4, -0.2) is 41.8 Å². The monoisotopic (exact) mass is 215 g/mol. The van der Waals surface area contributed by atoms with E-state index in [4.69, 9.17) is 0 Å². The molecule has 0 aliphatic carbocycles. The fourth-order valence-electron chi connectivity index (χ4n) is 1.90. The van der Waals surface area contributed by atoms with Gasteiger partial charge in [0.05, 0.1) is 0 Å². The summed E-state index contributed by atoms with van der Waals surface area (Å²) in [6.45, 7) is 7.37. The molecule has 0 unspecified atom stereocenters. The normalized spacial score (nSPS) is 19.9. The molecular formula is C11H21NOS. The molecule has 14 heavy (non-hydrogen) atoms. The molecule has 0 radical (unpaired) electrons. The molecular weight excluding hydrogens is 194 g/mol. The summed E-state index contributed by atoms with van der Waals surface area (Å²) < 4.78 is 0. The largest absolute Gasteiger partial charge is 0.302 e. The standard InChI is InChI=1S/C11H21NOS/c1-3-14-9-8-12-6-4-11(5-7-12)10(2)13/h11H,3-9H2,1-2H3. The number of piperidine rings is 1. The predicted octanol–water partition coefficient (Wildman–Crippen LogP) is 2.04. The molecule has 1 aliphatic rings. The van der Waals surface area contributed by atoms with E-state index in [1.54, 1.807) is 6.92 Å². The minimum absolute atomic E-state index is 0.352. The van der Waals surface area contributed by atoms with Crippen molar-refractivity contribution in [1.29, 1.82) is 0 Å². The third kappa shape index (κ3) is 4.01. The molecule has 1 fully saturated rings. The van der Waals surface area contributed by atoms with Gasteiger partial charge in [-0.2, -0.15) is 11.8 Å². The zero-order valence-electron chi connectivity index (χ0n) is 9.29. The summed E-state index contributed by atoms with van der Waals surface area (Å²) in [6.07, 6.45) is 2.15. The molecule has 2 nitrogen and oxygen atoms in total. The number of hydrogen-bond acceptors (Lipinski definition) is 3. The molecule has 0 spiro atoms. The van der Waals surface area contributed by atoms with Gasteiger partial charge in [0, 0.05) is 18.2 Å². The van der Waals surface area contributed by atoms with Crippen LogP contribution in [0, 0.1) is 5.92 Å². The number of carbonyl (C=O) groups is 1. The van der Waals surface area contributed by atoms with Crippen molar-refractivity contribution >= 4 is 17.5 Å². The van der Waals surface area contributed by atoms with Crippen LogP contribution >= 0.6 is 11.8 Å². The lowest BCUT2D eigenvalue weighted by Gasteiger charge is -2.30. The molecule has 1 rings (SSSR count). The highest BCUT2D eigenvalue weighted by molar-refractivity contribution is 7.99. The van der Waals surface area contributed by atoms with Crippen LogP contribution in [0.2, 0.25) is 0 Å². The van der Waals surface area contributed by atoms with Gasteiger partial charge in [0.25, 0.3) is 0 Å². The van der Waals surface area contributed by atoms with Crippen LogP contribution in [0.15, 0.2) is 0 Å². The maximum atomic E-state index is 11.1. The summed E-state index contributed by atoms with van der Waals surface area (Å²) in [6, 6.07) is 0. The summed E-state index contributed by atoms with van der Waals surface area (Å²) >= 11 is 2.00. The molecule has 1 saturated heterocycles. The zero-order chi connectivity index (χ0) is 10.4. The van der Waals surface area contributed by atoms with Crippen LogP contribution in [0.1, 0.15) is 26.7 Å². The first kappa shape index (κ1) is 12.1. The molecule has 0 saturated carbocycles. The van der Waals surface area contributed by atoms with Crippen molar-refractivity contribution in [2.45, 2.75) is 26.7 Å². The SMILES string of the molecule is CCSCCN1CCC(C(C)=O)CC1. The highest BCUT2D eigenvalue weighted by Gasteiger charge is 2.21.